The second-order valence-electron chi connectivity index (χ2n) is 4.41. The Morgan fingerprint density at radius 3 is 2.38 bits per heavy atom. The molecule has 0 aliphatic heterocycles. The highest BCUT2D eigenvalue weighted by molar-refractivity contribution is 5.53. The van der Waals surface area contributed by atoms with Crippen LogP contribution < -0.4 is 0 Å². The van der Waals surface area contributed by atoms with Crippen LogP contribution in [0.5, 0.6) is 0 Å². The van der Waals surface area contributed by atoms with Crippen molar-refractivity contribution in [3.05, 3.63) is 35.4 Å². The lowest BCUT2D eigenvalue weighted by Crippen LogP contribution is -2.15. The summed E-state index contributed by atoms with van der Waals surface area (Å²) in [7, 11) is 0. The zero-order valence-electron chi connectivity index (χ0n) is 8.96. The first kappa shape index (κ1) is 11.2. The largest absolute Gasteiger partial charge is 0.303 e. The Kier molecular flexibility index (Phi) is 3.32. The minimum absolute atomic E-state index is 0.125. The molecule has 0 atom stereocenters. The third-order valence-corrected chi connectivity index (χ3v) is 3.37. The van der Waals surface area contributed by atoms with Crippen LogP contribution in [-0.2, 0) is 4.79 Å². The van der Waals surface area contributed by atoms with Crippen LogP contribution in [0.3, 0.4) is 0 Å². The fourth-order valence-corrected chi connectivity index (χ4v) is 2.40. The maximum Gasteiger partial charge on any atom is 0.129 e. The summed E-state index contributed by atoms with van der Waals surface area (Å²) in [5.74, 6) is -0.742. The van der Waals surface area contributed by atoms with Gasteiger partial charge in [0.2, 0.25) is 0 Å². The standard InChI is InChI=1S/C13H14F2O/c14-11-5-6-12(13(15)7-11)10-3-1-9(8-16)2-4-10/h5-10H,1-4H2. The molecule has 0 amide bonds. The molecule has 16 heavy (non-hydrogen) atoms. The van der Waals surface area contributed by atoms with E-state index in [1.165, 1.54) is 12.1 Å². The number of rotatable bonds is 2. The number of halogens is 2. The van der Waals surface area contributed by atoms with Gasteiger partial charge >= 0.3 is 0 Å². The SMILES string of the molecule is O=CC1CCC(c2ccc(F)cc2F)CC1. The summed E-state index contributed by atoms with van der Waals surface area (Å²) in [4.78, 5) is 10.6. The highest BCUT2D eigenvalue weighted by atomic mass is 19.1. The molecule has 1 aromatic rings. The smallest absolute Gasteiger partial charge is 0.129 e. The van der Waals surface area contributed by atoms with Gasteiger partial charge in [-0.3, -0.25) is 0 Å². The van der Waals surface area contributed by atoms with Crippen molar-refractivity contribution in [1.29, 1.82) is 0 Å². The van der Waals surface area contributed by atoms with Crippen LogP contribution in [0.2, 0.25) is 0 Å². The van der Waals surface area contributed by atoms with Crippen molar-refractivity contribution in [3.8, 4) is 0 Å². The summed E-state index contributed by atoms with van der Waals surface area (Å²) in [6.45, 7) is 0. The van der Waals surface area contributed by atoms with Gasteiger partial charge in [0.15, 0.2) is 0 Å². The highest BCUT2D eigenvalue weighted by Gasteiger charge is 2.23. The lowest BCUT2D eigenvalue weighted by atomic mass is 9.79. The second-order valence-corrected chi connectivity index (χ2v) is 4.41. The molecule has 0 aromatic heterocycles. The first-order chi connectivity index (χ1) is 7.70. The van der Waals surface area contributed by atoms with E-state index in [9.17, 15) is 13.6 Å². The lowest BCUT2D eigenvalue weighted by molar-refractivity contribution is -0.111. The van der Waals surface area contributed by atoms with E-state index in [-0.39, 0.29) is 11.8 Å². The van der Waals surface area contributed by atoms with Crippen molar-refractivity contribution in [2.45, 2.75) is 31.6 Å². The maximum absolute atomic E-state index is 13.5. The molecule has 1 aromatic carbocycles. The molecule has 0 heterocycles. The summed E-state index contributed by atoms with van der Waals surface area (Å²) >= 11 is 0. The number of aldehydes is 1. The molecular formula is C13H14F2O. The molecule has 86 valence electrons. The molecule has 1 saturated carbocycles. The van der Waals surface area contributed by atoms with Crippen molar-refractivity contribution < 1.29 is 13.6 Å². The first-order valence-corrected chi connectivity index (χ1v) is 5.61. The molecule has 0 radical (unpaired) electrons. The molecule has 1 fully saturated rings. The molecule has 0 bridgehead atoms. The summed E-state index contributed by atoms with van der Waals surface area (Å²) < 4.78 is 26.2. The van der Waals surface area contributed by atoms with Gasteiger partial charge in [-0.1, -0.05) is 6.07 Å². The third-order valence-electron chi connectivity index (χ3n) is 3.37. The van der Waals surface area contributed by atoms with Crippen LogP contribution in [0.25, 0.3) is 0 Å². The van der Waals surface area contributed by atoms with Crippen molar-refractivity contribution in [2.24, 2.45) is 5.92 Å². The zero-order chi connectivity index (χ0) is 11.5. The Bertz CT molecular complexity index is 382. The van der Waals surface area contributed by atoms with E-state index in [1.807, 2.05) is 0 Å². The van der Waals surface area contributed by atoms with Gasteiger partial charge in [0, 0.05) is 12.0 Å². The second kappa shape index (κ2) is 4.73. The summed E-state index contributed by atoms with van der Waals surface area (Å²) in [6.07, 6.45) is 4.23. The molecule has 0 saturated heterocycles. The minimum Gasteiger partial charge on any atom is -0.303 e. The molecule has 0 N–H and O–H groups in total. The molecule has 1 aliphatic carbocycles. The van der Waals surface area contributed by atoms with Crippen LogP contribution in [-0.4, -0.2) is 6.29 Å². The Labute approximate surface area is 93.5 Å². The maximum atomic E-state index is 13.5. The van der Waals surface area contributed by atoms with Gasteiger partial charge in [-0.15, -0.1) is 0 Å². The summed E-state index contributed by atoms with van der Waals surface area (Å²) in [5, 5.41) is 0. The van der Waals surface area contributed by atoms with Crippen LogP contribution in [0.15, 0.2) is 18.2 Å². The van der Waals surface area contributed by atoms with Gasteiger partial charge in [-0.05, 0) is 43.2 Å². The molecule has 0 unspecified atom stereocenters. The van der Waals surface area contributed by atoms with Crippen LogP contribution in [0, 0.1) is 17.6 Å². The predicted octanol–water partition coefficient (Wildman–Crippen LogP) is 3.44. The zero-order valence-corrected chi connectivity index (χ0v) is 8.96. The van der Waals surface area contributed by atoms with Gasteiger partial charge < -0.3 is 4.79 Å². The average Bonchev–Trinajstić information content (AvgIpc) is 2.29. The summed E-state index contributed by atoms with van der Waals surface area (Å²) in [6, 6.07) is 3.75. The van der Waals surface area contributed by atoms with Crippen molar-refractivity contribution in [2.75, 3.05) is 0 Å². The summed E-state index contributed by atoms with van der Waals surface area (Å²) in [5.41, 5.74) is 0.589. The topological polar surface area (TPSA) is 17.1 Å². The normalized spacial score (nSPS) is 25.4. The van der Waals surface area contributed by atoms with E-state index in [4.69, 9.17) is 0 Å². The molecule has 2 rings (SSSR count). The molecular weight excluding hydrogens is 210 g/mol. The Morgan fingerprint density at radius 1 is 1.12 bits per heavy atom. The number of carbonyl (C=O) groups excluding carboxylic acids is 1. The fourth-order valence-electron chi connectivity index (χ4n) is 2.40. The number of hydrogen-bond acceptors (Lipinski definition) is 1. The van der Waals surface area contributed by atoms with Gasteiger partial charge in [-0.25, -0.2) is 8.78 Å². The molecule has 1 nitrogen and oxygen atoms in total. The Morgan fingerprint density at radius 2 is 1.81 bits per heavy atom. The van der Waals surface area contributed by atoms with Gasteiger partial charge in [0.05, 0.1) is 0 Å². The number of benzene rings is 1. The molecule has 0 spiro atoms. The first-order valence-electron chi connectivity index (χ1n) is 5.61. The van der Waals surface area contributed by atoms with Crippen LogP contribution >= 0.6 is 0 Å². The number of carbonyl (C=O) groups is 1. The monoisotopic (exact) mass is 224 g/mol. The minimum atomic E-state index is -0.539. The van der Waals surface area contributed by atoms with Crippen molar-refractivity contribution in [1.82, 2.24) is 0 Å². The van der Waals surface area contributed by atoms with Crippen LogP contribution in [0.4, 0.5) is 8.78 Å². The lowest BCUT2D eigenvalue weighted by Gasteiger charge is -2.25. The van der Waals surface area contributed by atoms with Crippen molar-refractivity contribution >= 4 is 6.29 Å². The van der Waals surface area contributed by atoms with E-state index >= 15 is 0 Å². The van der Waals surface area contributed by atoms with E-state index in [0.717, 1.165) is 38.0 Å². The molecule has 3 heteroatoms. The number of hydrogen-bond donors (Lipinski definition) is 0. The van der Waals surface area contributed by atoms with E-state index < -0.39 is 11.6 Å². The highest BCUT2D eigenvalue weighted by Crippen LogP contribution is 2.36. The van der Waals surface area contributed by atoms with Gasteiger partial charge in [0.1, 0.15) is 17.9 Å². The molecule has 1 aliphatic rings. The van der Waals surface area contributed by atoms with E-state index in [0.29, 0.717) is 5.56 Å². The Balaban J connectivity index is 2.11. The predicted molar refractivity (Wildman–Crippen MR) is 57.1 cm³/mol. The fraction of sp³-hybridized carbons (Fsp3) is 0.462. The van der Waals surface area contributed by atoms with E-state index in [2.05, 4.69) is 0 Å². The Hall–Kier alpha value is -1.25. The van der Waals surface area contributed by atoms with Gasteiger partial charge in [-0.2, -0.15) is 0 Å². The van der Waals surface area contributed by atoms with Crippen LogP contribution in [0.1, 0.15) is 37.2 Å². The third kappa shape index (κ3) is 2.29. The van der Waals surface area contributed by atoms with Crippen molar-refractivity contribution in [3.63, 3.8) is 0 Å². The quantitative estimate of drug-likeness (QED) is 0.703. The average molecular weight is 224 g/mol. The van der Waals surface area contributed by atoms with Gasteiger partial charge in [0.25, 0.3) is 0 Å². The van der Waals surface area contributed by atoms with E-state index in [1.54, 1.807) is 0 Å².